The summed E-state index contributed by atoms with van der Waals surface area (Å²) in [5, 5.41) is 14.2. The van der Waals surface area contributed by atoms with Crippen molar-refractivity contribution < 1.29 is 19.5 Å². The molecule has 0 heterocycles. The lowest BCUT2D eigenvalue weighted by Crippen LogP contribution is -2.46. The van der Waals surface area contributed by atoms with Crippen LogP contribution in [0.1, 0.15) is 21.5 Å². The minimum absolute atomic E-state index is 0.175. The van der Waals surface area contributed by atoms with Gasteiger partial charge in [-0.25, -0.2) is 4.79 Å². The molecule has 0 unspecified atom stereocenters. The Hall–Kier alpha value is -3.15. The van der Waals surface area contributed by atoms with E-state index < -0.39 is 17.9 Å². The van der Waals surface area contributed by atoms with Gasteiger partial charge in [-0.3, -0.25) is 9.59 Å². The number of benzene rings is 2. The number of aryl methyl sites for hydroxylation is 1. The zero-order chi connectivity index (χ0) is 18.2. The number of rotatable bonds is 7. The number of carboxylic acids is 1. The number of amides is 2. The second kappa shape index (κ2) is 8.63. The van der Waals surface area contributed by atoms with Crippen molar-refractivity contribution >= 4 is 17.8 Å². The Morgan fingerprint density at radius 3 is 2.24 bits per heavy atom. The number of nitrogens with one attached hydrogen (secondary N) is 2. The molecule has 0 aromatic heterocycles. The van der Waals surface area contributed by atoms with Gasteiger partial charge in [0.25, 0.3) is 5.91 Å². The molecule has 0 saturated heterocycles. The van der Waals surface area contributed by atoms with E-state index in [9.17, 15) is 19.5 Å². The summed E-state index contributed by atoms with van der Waals surface area (Å²) in [7, 11) is 0. The van der Waals surface area contributed by atoms with Crippen LogP contribution < -0.4 is 10.6 Å². The molecule has 2 rings (SSSR count). The van der Waals surface area contributed by atoms with Gasteiger partial charge in [0.2, 0.25) is 5.91 Å². The van der Waals surface area contributed by atoms with Gasteiger partial charge >= 0.3 is 5.97 Å². The maximum absolute atomic E-state index is 11.9. The molecule has 0 aliphatic carbocycles. The number of carbonyl (C=O) groups excluding carboxylic acids is 2. The fourth-order valence-corrected chi connectivity index (χ4v) is 2.26. The van der Waals surface area contributed by atoms with Crippen LogP contribution in [-0.2, 0) is 16.0 Å². The predicted molar refractivity (Wildman–Crippen MR) is 93.2 cm³/mol. The Balaban J connectivity index is 1.88. The first-order valence-electron chi connectivity index (χ1n) is 7.86. The van der Waals surface area contributed by atoms with Gasteiger partial charge in [0.15, 0.2) is 0 Å². The largest absolute Gasteiger partial charge is 0.480 e. The predicted octanol–water partition coefficient (Wildman–Crippen LogP) is 1.54. The van der Waals surface area contributed by atoms with Gasteiger partial charge in [-0.05, 0) is 24.6 Å². The zero-order valence-corrected chi connectivity index (χ0v) is 13.9. The van der Waals surface area contributed by atoms with Gasteiger partial charge in [-0.15, -0.1) is 0 Å². The lowest BCUT2D eigenvalue weighted by atomic mass is 10.0. The third kappa shape index (κ3) is 5.76. The fourth-order valence-electron chi connectivity index (χ4n) is 2.26. The summed E-state index contributed by atoms with van der Waals surface area (Å²) < 4.78 is 0. The molecule has 6 nitrogen and oxygen atoms in total. The van der Waals surface area contributed by atoms with Crippen molar-refractivity contribution in [2.24, 2.45) is 0 Å². The third-order valence-corrected chi connectivity index (χ3v) is 3.64. The summed E-state index contributed by atoms with van der Waals surface area (Å²) in [5.74, 6) is -2.06. The molecular formula is C19H20N2O4. The fraction of sp³-hybridized carbons (Fsp3) is 0.211. The van der Waals surface area contributed by atoms with E-state index in [0.29, 0.717) is 5.56 Å². The van der Waals surface area contributed by atoms with Gasteiger partial charge in [0, 0.05) is 12.0 Å². The molecule has 6 heteroatoms. The van der Waals surface area contributed by atoms with Crippen molar-refractivity contribution in [3.05, 3.63) is 71.3 Å². The van der Waals surface area contributed by atoms with Crippen molar-refractivity contribution in [1.82, 2.24) is 10.6 Å². The summed E-state index contributed by atoms with van der Waals surface area (Å²) in [6.45, 7) is 1.65. The Morgan fingerprint density at radius 1 is 1.00 bits per heavy atom. The average molecular weight is 340 g/mol. The number of carbonyl (C=O) groups is 3. The van der Waals surface area contributed by atoms with Gasteiger partial charge in [-0.2, -0.15) is 0 Å². The van der Waals surface area contributed by atoms with Crippen molar-refractivity contribution in [3.63, 3.8) is 0 Å². The highest BCUT2D eigenvalue weighted by Crippen LogP contribution is 2.06. The summed E-state index contributed by atoms with van der Waals surface area (Å²) in [4.78, 5) is 35.2. The monoisotopic (exact) mass is 340 g/mol. The van der Waals surface area contributed by atoms with Gasteiger partial charge in [-0.1, -0.05) is 48.0 Å². The maximum Gasteiger partial charge on any atom is 0.326 e. The molecule has 1 atom stereocenters. The van der Waals surface area contributed by atoms with Crippen LogP contribution in [-0.4, -0.2) is 35.5 Å². The maximum atomic E-state index is 11.9. The summed E-state index contributed by atoms with van der Waals surface area (Å²) in [6, 6.07) is 14.9. The number of hydrogen-bond acceptors (Lipinski definition) is 3. The molecule has 0 aliphatic rings. The first-order chi connectivity index (χ1) is 12.0. The van der Waals surface area contributed by atoms with Gasteiger partial charge in [0.05, 0.1) is 6.54 Å². The molecule has 2 aromatic rings. The summed E-state index contributed by atoms with van der Waals surface area (Å²) in [5.41, 5.74) is 2.32. The highest BCUT2D eigenvalue weighted by atomic mass is 16.4. The molecule has 0 saturated carbocycles. The number of hydrogen-bond donors (Lipinski definition) is 3. The molecular weight excluding hydrogens is 320 g/mol. The van der Waals surface area contributed by atoms with Crippen LogP contribution >= 0.6 is 0 Å². The van der Waals surface area contributed by atoms with Crippen LogP contribution in [0.25, 0.3) is 0 Å². The van der Waals surface area contributed by atoms with Crippen molar-refractivity contribution in [1.29, 1.82) is 0 Å². The molecule has 2 aromatic carbocycles. The van der Waals surface area contributed by atoms with Crippen molar-refractivity contribution in [3.8, 4) is 0 Å². The molecule has 3 N–H and O–H groups in total. The second-order valence-corrected chi connectivity index (χ2v) is 5.70. The van der Waals surface area contributed by atoms with E-state index in [4.69, 9.17) is 0 Å². The first-order valence-corrected chi connectivity index (χ1v) is 7.86. The van der Waals surface area contributed by atoms with Crippen molar-refractivity contribution in [2.75, 3.05) is 6.54 Å². The smallest absolute Gasteiger partial charge is 0.326 e. The molecule has 0 fully saturated rings. The van der Waals surface area contributed by atoms with Crippen LogP contribution in [0.3, 0.4) is 0 Å². The number of carboxylic acid groups (broad SMARTS) is 1. The van der Waals surface area contributed by atoms with E-state index in [0.717, 1.165) is 11.1 Å². The molecule has 0 bridgehead atoms. The average Bonchev–Trinajstić information content (AvgIpc) is 2.61. The lowest BCUT2D eigenvalue weighted by molar-refractivity contribution is -0.141. The van der Waals surface area contributed by atoms with E-state index >= 15 is 0 Å². The van der Waals surface area contributed by atoms with E-state index in [1.54, 1.807) is 30.3 Å². The van der Waals surface area contributed by atoms with Crippen LogP contribution in [0.2, 0.25) is 0 Å². The minimum Gasteiger partial charge on any atom is -0.480 e. The normalized spacial score (nSPS) is 11.4. The van der Waals surface area contributed by atoms with Crippen LogP contribution in [0.5, 0.6) is 0 Å². The molecule has 0 spiro atoms. The Bertz CT molecular complexity index is 742. The molecule has 0 aliphatic heterocycles. The molecule has 130 valence electrons. The Morgan fingerprint density at radius 2 is 1.64 bits per heavy atom. The zero-order valence-electron chi connectivity index (χ0n) is 13.9. The minimum atomic E-state index is -1.12. The van der Waals surface area contributed by atoms with Crippen LogP contribution in [0.4, 0.5) is 0 Å². The Kier molecular flexibility index (Phi) is 6.28. The standard InChI is InChI=1S/C19H20N2O4/c1-13-7-9-14(10-8-13)11-16(19(24)25)21-17(22)12-20-18(23)15-5-3-2-4-6-15/h2-10,16H,11-12H2,1H3,(H,20,23)(H,21,22)(H,24,25)/t16-/m1/s1. The van der Waals surface area contributed by atoms with E-state index in [1.165, 1.54) is 0 Å². The van der Waals surface area contributed by atoms with Gasteiger partial charge < -0.3 is 15.7 Å². The topological polar surface area (TPSA) is 95.5 Å². The van der Waals surface area contributed by atoms with E-state index in [1.807, 2.05) is 31.2 Å². The molecule has 2 amide bonds. The van der Waals surface area contributed by atoms with Crippen LogP contribution in [0.15, 0.2) is 54.6 Å². The van der Waals surface area contributed by atoms with Crippen molar-refractivity contribution in [2.45, 2.75) is 19.4 Å². The molecule has 25 heavy (non-hydrogen) atoms. The highest BCUT2D eigenvalue weighted by molar-refractivity contribution is 5.96. The second-order valence-electron chi connectivity index (χ2n) is 5.70. The Labute approximate surface area is 145 Å². The van der Waals surface area contributed by atoms with Crippen LogP contribution in [0, 0.1) is 6.92 Å². The van der Waals surface area contributed by atoms with Gasteiger partial charge in [0.1, 0.15) is 6.04 Å². The quantitative estimate of drug-likeness (QED) is 0.712. The highest BCUT2D eigenvalue weighted by Gasteiger charge is 2.20. The number of aliphatic carboxylic acids is 1. The molecule has 0 radical (unpaired) electrons. The lowest BCUT2D eigenvalue weighted by Gasteiger charge is -2.15. The van der Waals surface area contributed by atoms with E-state index in [2.05, 4.69) is 10.6 Å². The summed E-state index contributed by atoms with van der Waals surface area (Å²) >= 11 is 0. The summed E-state index contributed by atoms with van der Waals surface area (Å²) in [6.07, 6.45) is 0.175. The third-order valence-electron chi connectivity index (χ3n) is 3.64. The van der Waals surface area contributed by atoms with E-state index in [-0.39, 0.29) is 18.9 Å². The SMILES string of the molecule is Cc1ccc(C[C@@H](NC(=O)CNC(=O)c2ccccc2)C(=O)O)cc1. The first kappa shape index (κ1) is 18.2.